The Morgan fingerprint density at radius 3 is 2.07 bits per heavy atom. The zero-order valence-corrected chi connectivity index (χ0v) is 24.3. The van der Waals surface area contributed by atoms with Gasteiger partial charge in [0.2, 0.25) is 0 Å². The summed E-state index contributed by atoms with van der Waals surface area (Å²) in [6.45, 7) is 0.627. The molecule has 0 aliphatic carbocycles. The number of Topliss-reactive ketones (excluding diaryl/α,β-unsaturated/α-hetero) is 1. The highest BCUT2D eigenvalue weighted by Crippen LogP contribution is 2.31. The SMILES string of the molecule is COc1ccc2sc(Nc3ccc(-c4ccc(C(=O)CC(CCN(C)C)C(=O)O)cc4)cc3)nc2c1.O=C(O)C(F)(F)F. The number of hydrogen-bond donors (Lipinski definition) is 3. The van der Waals surface area contributed by atoms with E-state index in [9.17, 15) is 27.9 Å². The van der Waals surface area contributed by atoms with Crippen LogP contribution in [-0.2, 0) is 9.59 Å². The number of benzene rings is 3. The average Bonchev–Trinajstić information content (AvgIpc) is 3.36. The lowest BCUT2D eigenvalue weighted by Gasteiger charge is -2.15. The molecule has 228 valence electrons. The van der Waals surface area contributed by atoms with Gasteiger partial charge >= 0.3 is 18.1 Å². The monoisotopic (exact) mass is 617 g/mol. The van der Waals surface area contributed by atoms with E-state index >= 15 is 0 Å². The predicted molar refractivity (Wildman–Crippen MR) is 158 cm³/mol. The number of nitrogens with zero attached hydrogens (tertiary/aromatic N) is 2. The van der Waals surface area contributed by atoms with Gasteiger partial charge in [-0.2, -0.15) is 13.2 Å². The molecule has 0 fully saturated rings. The molecule has 1 atom stereocenters. The van der Waals surface area contributed by atoms with Crippen LogP contribution in [0.2, 0.25) is 0 Å². The summed E-state index contributed by atoms with van der Waals surface area (Å²) in [6, 6.07) is 21.2. The third-order valence-corrected chi connectivity index (χ3v) is 7.17. The van der Waals surface area contributed by atoms with Gasteiger partial charge in [0.05, 0.1) is 23.2 Å². The van der Waals surface area contributed by atoms with E-state index in [1.807, 2.05) is 73.6 Å². The van der Waals surface area contributed by atoms with Crippen molar-refractivity contribution in [3.63, 3.8) is 0 Å². The van der Waals surface area contributed by atoms with Gasteiger partial charge in [0.25, 0.3) is 0 Å². The number of hydrogen-bond acceptors (Lipinski definition) is 8. The maximum Gasteiger partial charge on any atom is 0.490 e. The van der Waals surface area contributed by atoms with E-state index in [-0.39, 0.29) is 12.2 Å². The minimum atomic E-state index is -5.08. The van der Waals surface area contributed by atoms with Gasteiger partial charge in [-0.3, -0.25) is 9.59 Å². The zero-order valence-electron chi connectivity index (χ0n) is 23.5. The molecular formula is C30H30F3N3O6S. The number of fused-ring (bicyclic) bond motifs is 1. The van der Waals surface area contributed by atoms with Crippen molar-refractivity contribution in [2.24, 2.45) is 5.92 Å². The summed E-state index contributed by atoms with van der Waals surface area (Å²) in [5.41, 5.74) is 4.34. The molecule has 3 aromatic carbocycles. The molecule has 9 nitrogen and oxygen atoms in total. The lowest BCUT2D eigenvalue weighted by atomic mass is 9.94. The summed E-state index contributed by atoms with van der Waals surface area (Å²) >= 11 is 1.58. The Balaban J connectivity index is 0.000000646. The first-order valence-electron chi connectivity index (χ1n) is 12.9. The van der Waals surface area contributed by atoms with E-state index in [1.165, 1.54) is 0 Å². The number of nitrogens with one attached hydrogen (secondary N) is 1. The van der Waals surface area contributed by atoms with Crippen LogP contribution in [0.3, 0.4) is 0 Å². The fraction of sp³-hybridized carbons (Fsp3) is 0.267. The van der Waals surface area contributed by atoms with Gasteiger partial charge in [0.15, 0.2) is 10.9 Å². The lowest BCUT2D eigenvalue weighted by Crippen LogP contribution is -2.23. The molecule has 0 bridgehead atoms. The summed E-state index contributed by atoms with van der Waals surface area (Å²) in [4.78, 5) is 39.7. The van der Waals surface area contributed by atoms with Crippen LogP contribution in [0.1, 0.15) is 23.2 Å². The molecule has 0 radical (unpaired) electrons. The van der Waals surface area contributed by atoms with Gasteiger partial charge in [-0.05, 0) is 62.5 Å². The molecule has 4 rings (SSSR count). The van der Waals surface area contributed by atoms with Gasteiger partial charge in [0.1, 0.15) is 5.75 Å². The Morgan fingerprint density at radius 1 is 0.977 bits per heavy atom. The highest BCUT2D eigenvalue weighted by Gasteiger charge is 2.38. The van der Waals surface area contributed by atoms with Gasteiger partial charge < -0.3 is 25.2 Å². The van der Waals surface area contributed by atoms with Crippen molar-refractivity contribution in [3.8, 4) is 16.9 Å². The molecule has 0 spiro atoms. The summed E-state index contributed by atoms with van der Waals surface area (Å²) in [5, 5.41) is 20.7. The quantitative estimate of drug-likeness (QED) is 0.160. The van der Waals surface area contributed by atoms with Crippen LogP contribution in [-0.4, -0.2) is 71.7 Å². The Morgan fingerprint density at radius 2 is 1.56 bits per heavy atom. The second-order valence-corrected chi connectivity index (χ2v) is 10.7. The van der Waals surface area contributed by atoms with E-state index in [1.54, 1.807) is 30.6 Å². The summed E-state index contributed by atoms with van der Waals surface area (Å²) in [6.07, 6.45) is -4.64. The van der Waals surface area contributed by atoms with Crippen LogP contribution in [0.15, 0.2) is 66.7 Å². The number of alkyl halides is 3. The third-order valence-electron chi connectivity index (χ3n) is 6.22. The third kappa shape index (κ3) is 9.79. The van der Waals surface area contributed by atoms with E-state index < -0.39 is 24.0 Å². The van der Waals surface area contributed by atoms with Crippen LogP contribution in [0, 0.1) is 5.92 Å². The maximum absolute atomic E-state index is 12.7. The van der Waals surface area contributed by atoms with Gasteiger partial charge in [-0.15, -0.1) is 0 Å². The van der Waals surface area contributed by atoms with E-state index in [4.69, 9.17) is 14.6 Å². The number of ether oxygens (including phenoxy) is 1. The highest BCUT2D eigenvalue weighted by atomic mass is 32.1. The number of carbonyl (C=O) groups excluding carboxylic acids is 1. The van der Waals surface area contributed by atoms with E-state index in [2.05, 4.69) is 10.3 Å². The molecule has 0 aliphatic rings. The number of rotatable bonds is 11. The number of anilines is 2. The first kappa shape index (κ1) is 33.0. The van der Waals surface area contributed by atoms with Crippen LogP contribution in [0.25, 0.3) is 21.3 Å². The summed E-state index contributed by atoms with van der Waals surface area (Å²) in [5.74, 6) is -3.74. The first-order chi connectivity index (χ1) is 20.3. The molecule has 0 amide bonds. The predicted octanol–water partition coefficient (Wildman–Crippen LogP) is 6.57. The van der Waals surface area contributed by atoms with Crippen LogP contribution < -0.4 is 10.1 Å². The minimum Gasteiger partial charge on any atom is -0.497 e. The molecule has 0 saturated carbocycles. The van der Waals surface area contributed by atoms with Crippen molar-refractivity contribution in [1.29, 1.82) is 0 Å². The molecule has 1 aromatic heterocycles. The molecule has 1 heterocycles. The second-order valence-electron chi connectivity index (χ2n) is 9.69. The number of halogens is 3. The average molecular weight is 618 g/mol. The van der Waals surface area contributed by atoms with E-state index in [0.717, 1.165) is 37.9 Å². The number of carboxylic acids is 2. The van der Waals surface area contributed by atoms with Crippen molar-refractivity contribution in [2.45, 2.75) is 19.0 Å². The lowest BCUT2D eigenvalue weighted by molar-refractivity contribution is -0.192. The van der Waals surface area contributed by atoms with Crippen molar-refractivity contribution in [1.82, 2.24) is 9.88 Å². The van der Waals surface area contributed by atoms with E-state index in [0.29, 0.717) is 18.5 Å². The number of ketones is 1. The number of methoxy groups -OCH3 is 1. The van der Waals surface area contributed by atoms with Crippen LogP contribution >= 0.6 is 11.3 Å². The molecular weight excluding hydrogens is 587 g/mol. The number of thiazole rings is 1. The zero-order chi connectivity index (χ0) is 31.7. The summed E-state index contributed by atoms with van der Waals surface area (Å²) < 4.78 is 38.1. The van der Waals surface area contributed by atoms with Crippen molar-refractivity contribution in [3.05, 3.63) is 72.3 Å². The molecule has 1 unspecified atom stereocenters. The number of carboxylic acid groups (broad SMARTS) is 2. The standard InChI is InChI=1S/C28H29N3O4S.C2HF3O2/c1-31(2)15-14-21(27(33)34)16-25(32)20-6-4-18(5-7-20)19-8-10-22(11-9-19)29-28-30-24-17-23(35-3)12-13-26(24)36-28;3-2(4,5)1(6)7/h4-13,17,21H,14-16H2,1-3H3,(H,29,30)(H,33,34);(H,6,7). The Labute approximate surface area is 249 Å². The smallest absolute Gasteiger partial charge is 0.490 e. The molecule has 3 N–H and O–H groups in total. The van der Waals surface area contributed by atoms with Crippen molar-refractivity contribution >= 4 is 50.1 Å². The number of carbonyl (C=O) groups is 3. The number of aliphatic carboxylic acids is 2. The Bertz CT molecular complexity index is 1550. The molecule has 13 heteroatoms. The fourth-order valence-corrected chi connectivity index (χ4v) is 4.74. The fourth-order valence-electron chi connectivity index (χ4n) is 3.87. The normalized spacial score (nSPS) is 11.9. The Kier molecular flexibility index (Phi) is 11.2. The Hall–Kier alpha value is -4.49. The molecule has 0 aliphatic heterocycles. The first-order valence-corrected chi connectivity index (χ1v) is 13.7. The van der Waals surface area contributed by atoms with Crippen molar-refractivity contribution < 1.29 is 42.5 Å². The van der Waals surface area contributed by atoms with Crippen LogP contribution in [0.4, 0.5) is 24.0 Å². The van der Waals surface area contributed by atoms with Gasteiger partial charge in [-0.1, -0.05) is 47.7 Å². The highest BCUT2D eigenvalue weighted by molar-refractivity contribution is 7.22. The minimum absolute atomic E-state index is 0.00142. The number of aromatic nitrogens is 1. The van der Waals surface area contributed by atoms with Gasteiger partial charge in [-0.25, -0.2) is 9.78 Å². The molecule has 4 aromatic rings. The van der Waals surface area contributed by atoms with Crippen molar-refractivity contribution in [2.75, 3.05) is 33.1 Å². The topological polar surface area (TPSA) is 129 Å². The molecule has 0 saturated heterocycles. The maximum atomic E-state index is 12.7. The summed E-state index contributed by atoms with van der Waals surface area (Å²) in [7, 11) is 5.42. The largest absolute Gasteiger partial charge is 0.497 e. The second kappa shape index (κ2) is 14.6. The van der Waals surface area contributed by atoms with Gasteiger partial charge in [0, 0.05) is 23.7 Å². The molecule has 43 heavy (non-hydrogen) atoms. The van der Waals surface area contributed by atoms with Crippen LogP contribution in [0.5, 0.6) is 5.75 Å².